The van der Waals surface area contributed by atoms with Gasteiger partial charge in [0.15, 0.2) is 0 Å². The molecule has 2 aliphatic heterocycles. The predicted molar refractivity (Wildman–Crippen MR) is 73.7 cm³/mol. The summed E-state index contributed by atoms with van der Waals surface area (Å²) in [4.78, 5) is 11.0. The van der Waals surface area contributed by atoms with Gasteiger partial charge < -0.3 is 10.2 Å². The Morgan fingerprint density at radius 2 is 2.10 bits per heavy atom. The van der Waals surface area contributed by atoms with Crippen LogP contribution < -0.4 is 5.32 Å². The van der Waals surface area contributed by atoms with E-state index < -0.39 is 6.10 Å². The Balaban J connectivity index is 1.61. The van der Waals surface area contributed by atoms with Crippen LogP contribution in [0.3, 0.4) is 0 Å². The third-order valence-electron chi connectivity index (χ3n) is 4.45. The maximum atomic E-state index is 9.79. The van der Waals surface area contributed by atoms with Gasteiger partial charge in [-0.05, 0) is 31.2 Å². The standard InChI is InChI=1S/C14H22N4O2/c19-9-12(20)10-2-3-13-17-11(4-7-18(13)8-10)14-15-5-1-6-16-14/h1,5-6,10-13,17,19-20H,2-4,7-9H2/t10?,11?,12?,13-/m0/s1. The topological polar surface area (TPSA) is 81.5 Å². The lowest BCUT2D eigenvalue weighted by Crippen LogP contribution is -2.57. The highest BCUT2D eigenvalue weighted by Crippen LogP contribution is 2.29. The third kappa shape index (κ3) is 2.83. The van der Waals surface area contributed by atoms with E-state index in [1.807, 2.05) is 6.07 Å². The number of hydrogen-bond donors (Lipinski definition) is 3. The van der Waals surface area contributed by atoms with E-state index >= 15 is 0 Å². The Labute approximate surface area is 118 Å². The molecule has 4 atom stereocenters. The predicted octanol–water partition coefficient (Wildman–Crippen LogP) is -0.0977. The molecule has 1 aromatic heterocycles. The van der Waals surface area contributed by atoms with Crippen LogP contribution in [0.5, 0.6) is 0 Å². The molecule has 2 saturated heterocycles. The fourth-order valence-corrected chi connectivity index (χ4v) is 3.28. The molecule has 6 heteroatoms. The highest BCUT2D eigenvalue weighted by atomic mass is 16.3. The van der Waals surface area contributed by atoms with Crippen LogP contribution in [0.2, 0.25) is 0 Å². The van der Waals surface area contributed by atoms with Crippen molar-refractivity contribution in [2.24, 2.45) is 5.92 Å². The molecule has 2 aliphatic rings. The van der Waals surface area contributed by atoms with Crippen molar-refractivity contribution in [3.63, 3.8) is 0 Å². The zero-order valence-electron chi connectivity index (χ0n) is 11.5. The summed E-state index contributed by atoms with van der Waals surface area (Å²) in [5, 5.41) is 22.5. The summed E-state index contributed by atoms with van der Waals surface area (Å²) in [5.74, 6) is 1.05. The number of fused-ring (bicyclic) bond motifs is 1. The Hall–Kier alpha value is -1.08. The number of nitrogens with one attached hydrogen (secondary N) is 1. The van der Waals surface area contributed by atoms with Crippen LogP contribution in [0.4, 0.5) is 0 Å². The number of rotatable bonds is 3. The van der Waals surface area contributed by atoms with E-state index in [0.29, 0.717) is 6.17 Å². The monoisotopic (exact) mass is 278 g/mol. The van der Waals surface area contributed by atoms with Crippen molar-refractivity contribution < 1.29 is 10.2 Å². The van der Waals surface area contributed by atoms with Crippen molar-refractivity contribution in [1.29, 1.82) is 0 Å². The first-order valence-electron chi connectivity index (χ1n) is 7.34. The van der Waals surface area contributed by atoms with Crippen LogP contribution in [0.15, 0.2) is 18.5 Å². The summed E-state index contributed by atoms with van der Waals surface area (Å²) < 4.78 is 0. The molecule has 0 aliphatic carbocycles. The van der Waals surface area contributed by atoms with Crippen molar-refractivity contribution in [1.82, 2.24) is 20.2 Å². The molecule has 0 amide bonds. The minimum atomic E-state index is -0.592. The molecule has 0 saturated carbocycles. The quantitative estimate of drug-likeness (QED) is 0.716. The van der Waals surface area contributed by atoms with Gasteiger partial charge in [-0.2, -0.15) is 0 Å². The molecular weight excluding hydrogens is 256 g/mol. The number of nitrogens with zero attached hydrogens (tertiary/aromatic N) is 3. The van der Waals surface area contributed by atoms with Gasteiger partial charge in [-0.15, -0.1) is 0 Å². The molecule has 0 aromatic carbocycles. The van der Waals surface area contributed by atoms with Crippen LogP contribution in [-0.2, 0) is 0 Å². The maximum absolute atomic E-state index is 9.79. The lowest BCUT2D eigenvalue weighted by Gasteiger charge is -2.46. The number of aliphatic hydroxyl groups excluding tert-OH is 2. The van der Waals surface area contributed by atoms with Gasteiger partial charge in [0.1, 0.15) is 5.82 Å². The minimum Gasteiger partial charge on any atom is -0.394 e. The Bertz CT molecular complexity index is 430. The lowest BCUT2D eigenvalue weighted by molar-refractivity contribution is -0.0250. The van der Waals surface area contributed by atoms with Crippen molar-refractivity contribution in [2.45, 2.75) is 37.6 Å². The zero-order valence-corrected chi connectivity index (χ0v) is 11.5. The molecule has 3 N–H and O–H groups in total. The highest BCUT2D eigenvalue weighted by Gasteiger charge is 2.36. The summed E-state index contributed by atoms with van der Waals surface area (Å²) in [7, 11) is 0. The Morgan fingerprint density at radius 1 is 1.30 bits per heavy atom. The average Bonchev–Trinajstić information content (AvgIpc) is 2.54. The fraction of sp³-hybridized carbons (Fsp3) is 0.714. The number of hydrogen-bond acceptors (Lipinski definition) is 6. The fourth-order valence-electron chi connectivity index (χ4n) is 3.28. The molecule has 3 rings (SSSR count). The van der Waals surface area contributed by atoms with E-state index in [1.54, 1.807) is 12.4 Å². The normalized spacial score (nSPS) is 32.6. The van der Waals surface area contributed by atoms with E-state index in [-0.39, 0.29) is 18.6 Å². The minimum absolute atomic E-state index is 0.142. The lowest BCUT2D eigenvalue weighted by atomic mass is 9.89. The highest BCUT2D eigenvalue weighted by molar-refractivity contribution is 5.00. The van der Waals surface area contributed by atoms with Crippen LogP contribution in [0.1, 0.15) is 31.1 Å². The molecule has 0 radical (unpaired) electrons. The van der Waals surface area contributed by atoms with Gasteiger partial charge in [-0.3, -0.25) is 10.2 Å². The van der Waals surface area contributed by atoms with Crippen molar-refractivity contribution in [3.8, 4) is 0 Å². The largest absolute Gasteiger partial charge is 0.394 e. The third-order valence-corrected chi connectivity index (χ3v) is 4.45. The van der Waals surface area contributed by atoms with E-state index in [2.05, 4.69) is 20.2 Å². The maximum Gasteiger partial charge on any atom is 0.145 e. The average molecular weight is 278 g/mol. The van der Waals surface area contributed by atoms with Crippen LogP contribution in [0.25, 0.3) is 0 Å². The Morgan fingerprint density at radius 3 is 2.85 bits per heavy atom. The summed E-state index contributed by atoms with van der Waals surface area (Å²) in [6.07, 6.45) is 6.22. The number of aromatic nitrogens is 2. The van der Waals surface area contributed by atoms with Crippen LogP contribution in [-0.4, -0.2) is 57.0 Å². The number of piperidine rings is 1. The molecule has 2 fully saturated rings. The van der Waals surface area contributed by atoms with E-state index in [0.717, 1.165) is 38.2 Å². The second kappa shape index (κ2) is 6.13. The molecule has 1 aromatic rings. The SMILES string of the molecule is OCC(O)C1CC[C@H]2NC(c3ncccn3)CCN2C1. The molecule has 0 spiro atoms. The van der Waals surface area contributed by atoms with Gasteiger partial charge in [0.05, 0.1) is 24.9 Å². The number of aliphatic hydroxyl groups is 2. The van der Waals surface area contributed by atoms with Gasteiger partial charge >= 0.3 is 0 Å². The van der Waals surface area contributed by atoms with E-state index in [1.165, 1.54) is 0 Å². The van der Waals surface area contributed by atoms with Crippen molar-refractivity contribution >= 4 is 0 Å². The summed E-state index contributed by atoms with van der Waals surface area (Å²) in [6.45, 7) is 1.69. The van der Waals surface area contributed by atoms with Crippen LogP contribution in [0, 0.1) is 5.92 Å². The van der Waals surface area contributed by atoms with Gasteiger partial charge in [0.25, 0.3) is 0 Å². The zero-order chi connectivity index (χ0) is 13.9. The van der Waals surface area contributed by atoms with Gasteiger partial charge in [-0.25, -0.2) is 9.97 Å². The van der Waals surface area contributed by atoms with Crippen molar-refractivity contribution in [2.75, 3.05) is 19.7 Å². The van der Waals surface area contributed by atoms with Crippen LogP contribution >= 0.6 is 0 Å². The summed E-state index contributed by atoms with van der Waals surface area (Å²) in [6, 6.07) is 2.05. The molecule has 110 valence electrons. The molecular formula is C14H22N4O2. The second-order valence-corrected chi connectivity index (χ2v) is 5.71. The molecule has 3 unspecified atom stereocenters. The Kier molecular flexibility index (Phi) is 4.26. The smallest absolute Gasteiger partial charge is 0.145 e. The summed E-state index contributed by atoms with van der Waals surface area (Å²) in [5.41, 5.74) is 0. The molecule has 20 heavy (non-hydrogen) atoms. The second-order valence-electron chi connectivity index (χ2n) is 5.71. The first kappa shape index (κ1) is 13.9. The first-order valence-corrected chi connectivity index (χ1v) is 7.34. The molecule has 3 heterocycles. The molecule has 6 nitrogen and oxygen atoms in total. The first-order chi connectivity index (χ1) is 9.78. The van der Waals surface area contributed by atoms with E-state index in [9.17, 15) is 5.11 Å². The van der Waals surface area contributed by atoms with Gasteiger partial charge in [0.2, 0.25) is 0 Å². The van der Waals surface area contributed by atoms with Gasteiger partial charge in [-0.1, -0.05) is 0 Å². The van der Waals surface area contributed by atoms with Crippen molar-refractivity contribution in [3.05, 3.63) is 24.3 Å². The summed E-state index contributed by atoms with van der Waals surface area (Å²) >= 11 is 0. The molecule has 0 bridgehead atoms. The van der Waals surface area contributed by atoms with E-state index in [4.69, 9.17) is 5.11 Å². The van der Waals surface area contributed by atoms with Gasteiger partial charge in [0, 0.05) is 25.5 Å².